The molecule has 1 amide bonds. The number of hydrogen-bond donors (Lipinski definition) is 1. The summed E-state index contributed by atoms with van der Waals surface area (Å²) >= 11 is 0. The van der Waals surface area contributed by atoms with E-state index in [0.717, 1.165) is 12.4 Å². The van der Waals surface area contributed by atoms with Crippen molar-refractivity contribution >= 4 is 17.8 Å². The number of carboxylic acid groups (broad SMARTS) is 1. The van der Waals surface area contributed by atoms with Gasteiger partial charge >= 0.3 is 11.9 Å². The molecule has 8 heteroatoms. The Morgan fingerprint density at radius 1 is 1.22 bits per heavy atom. The molecule has 1 atom stereocenters. The van der Waals surface area contributed by atoms with Crippen LogP contribution in [0.5, 0.6) is 0 Å². The quantitative estimate of drug-likeness (QED) is 0.831. The molecule has 0 radical (unpaired) electrons. The summed E-state index contributed by atoms with van der Waals surface area (Å²) in [5.41, 5.74) is -0.866. The number of carboxylic acids is 1. The molecular weight excluding hydrogens is 302 g/mol. The van der Waals surface area contributed by atoms with Crippen LogP contribution in [0.15, 0.2) is 12.4 Å². The van der Waals surface area contributed by atoms with Gasteiger partial charge in [-0.05, 0) is 33.6 Å². The third-order valence-corrected chi connectivity index (χ3v) is 3.28. The van der Waals surface area contributed by atoms with Crippen LogP contribution in [-0.4, -0.2) is 56.0 Å². The van der Waals surface area contributed by atoms with E-state index in [-0.39, 0.29) is 11.4 Å². The lowest BCUT2D eigenvalue weighted by Gasteiger charge is -2.27. The fourth-order valence-corrected chi connectivity index (χ4v) is 2.32. The van der Waals surface area contributed by atoms with Gasteiger partial charge in [0.25, 0.3) is 5.91 Å². The topological polar surface area (TPSA) is 110 Å². The maximum Gasteiger partial charge on any atom is 0.356 e. The van der Waals surface area contributed by atoms with Crippen LogP contribution in [-0.2, 0) is 9.53 Å². The zero-order chi connectivity index (χ0) is 17.2. The number of aromatic carboxylic acids is 1. The van der Waals surface area contributed by atoms with E-state index in [9.17, 15) is 14.4 Å². The zero-order valence-corrected chi connectivity index (χ0v) is 13.3. The highest BCUT2D eigenvalue weighted by molar-refractivity contribution is 5.95. The maximum atomic E-state index is 12.5. The summed E-state index contributed by atoms with van der Waals surface area (Å²) in [5.74, 6) is -2.12. The molecule has 1 aliphatic heterocycles. The van der Waals surface area contributed by atoms with Crippen LogP contribution >= 0.6 is 0 Å². The summed E-state index contributed by atoms with van der Waals surface area (Å²) in [6, 6.07) is -0.650. The third-order valence-electron chi connectivity index (χ3n) is 3.28. The summed E-state index contributed by atoms with van der Waals surface area (Å²) < 4.78 is 5.34. The summed E-state index contributed by atoms with van der Waals surface area (Å²) in [6.45, 7) is 5.72. The summed E-state index contributed by atoms with van der Waals surface area (Å²) in [7, 11) is 0. The van der Waals surface area contributed by atoms with Crippen LogP contribution in [0.3, 0.4) is 0 Å². The number of esters is 1. The van der Waals surface area contributed by atoms with Gasteiger partial charge in [0.05, 0.1) is 12.4 Å². The molecule has 0 aliphatic carbocycles. The van der Waals surface area contributed by atoms with Crippen LogP contribution in [0.2, 0.25) is 0 Å². The Morgan fingerprint density at radius 3 is 2.35 bits per heavy atom. The van der Waals surface area contributed by atoms with Crippen LogP contribution in [0.1, 0.15) is 54.6 Å². The second-order valence-electron chi connectivity index (χ2n) is 6.28. The molecular formula is C15H19N3O5. The highest BCUT2D eigenvalue weighted by Crippen LogP contribution is 2.22. The molecule has 1 aromatic heterocycles. The second kappa shape index (κ2) is 6.31. The first-order valence-electron chi connectivity index (χ1n) is 7.28. The van der Waals surface area contributed by atoms with Gasteiger partial charge in [-0.2, -0.15) is 0 Å². The lowest BCUT2D eigenvalue weighted by atomic mass is 10.1. The smallest absolute Gasteiger partial charge is 0.356 e. The first-order chi connectivity index (χ1) is 10.7. The average Bonchev–Trinajstić information content (AvgIpc) is 2.94. The minimum Gasteiger partial charge on any atom is -0.476 e. The number of likely N-dealkylation sites (tertiary alicyclic amines) is 1. The molecule has 23 heavy (non-hydrogen) atoms. The van der Waals surface area contributed by atoms with Crippen molar-refractivity contribution in [2.24, 2.45) is 0 Å². The Bertz CT molecular complexity index is 621. The minimum atomic E-state index is -1.22. The third kappa shape index (κ3) is 4.02. The average molecular weight is 321 g/mol. The molecule has 2 heterocycles. The molecule has 0 spiro atoms. The van der Waals surface area contributed by atoms with E-state index in [4.69, 9.17) is 9.84 Å². The van der Waals surface area contributed by atoms with Crippen molar-refractivity contribution in [3.63, 3.8) is 0 Å². The Kier molecular flexibility index (Phi) is 4.63. The first kappa shape index (κ1) is 16.9. The molecule has 0 bridgehead atoms. The van der Waals surface area contributed by atoms with Gasteiger partial charge in [-0.1, -0.05) is 0 Å². The number of rotatable bonds is 3. The Labute approximate surface area is 133 Å². The van der Waals surface area contributed by atoms with E-state index in [1.54, 1.807) is 20.8 Å². The van der Waals surface area contributed by atoms with Crippen molar-refractivity contribution in [3.05, 3.63) is 23.8 Å². The number of amides is 1. The fourth-order valence-electron chi connectivity index (χ4n) is 2.32. The highest BCUT2D eigenvalue weighted by atomic mass is 16.6. The Balaban J connectivity index is 2.14. The van der Waals surface area contributed by atoms with Gasteiger partial charge < -0.3 is 14.7 Å². The molecule has 8 nitrogen and oxygen atoms in total. The van der Waals surface area contributed by atoms with E-state index in [0.29, 0.717) is 19.4 Å². The van der Waals surface area contributed by atoms with E-state index in [1.807, 2.05) is 0 Å². The number of carbonyl (C=O) groups excluding carboxylic acids is 2. The van der Waals surface area contributed by atoms with Crippen molar-refractivity contribution in [3.8, 4) is 0 Å². The predicted octanol–water partition coefficient (Wildman–Crippen LogP) is 1.12. The molecule has 1 aromatic rings. The number of ether oxygens (including phenoxy) is 1. The fraction of sp³-hybridized carbons (Fsp3) is 0.533. The number of hydrogen-bond acceptors (Lipinski definition) is 6. The van der Waals surface area contributed by atoms with Crippen LogP contribution in [0, 0.1) is 0 Å². The summed E-state index contributed by atoms with van der Waals surface area (Å²) in [5, 5.41) is 8.79. The van der Waals surface area contributed by atoms with Crippen LogP contribution in [0.4, 0.5) is 0 Å². The molecule has 2 rings (SSSR count). The van der Waals surface area contributed by atoms with Gasteiger partial charge in [0.2, 0.25) is 0 Å². The molecule has 1 saturated heterocycles. The van der Waals surface area contributed by atoms with E-state index in [2.05, 4.69) is 9.97 Å². The largest absolute Gasteiger partial charge is 0.476 e. The van der Waals surface area contributed by atoms with Gasteiger partial charge in [-0.3, -0.25) is 4.79 Å². The van der Waals surface area contributed by atoms with Gasteiger partial charge in [0.1, 0.15) is 17.3 Å². The van der Waals surface area contributed by atoms with Crippen molar-refractivity contribution in [2.45, 2.75) is 45.3 Å². The summed E-state index contributed by atoms with van der Waals surface area (Å²) in [6.07, 6.45) is 3.35. The minimum absolute atomic E-state index is 0.00505. The van der Waals surface area contributed by atoms with Crippen molar-refractivity contribution in [1.29, 1.82) is 0 Å². The molecule has 0 unspecified atom stereocenters. The molecule has 0 saturated carbocycles. The molecule has 124 valence electrons. The SMILES string of the molecule is CC(C)(C)OC(=O)[C@H]1CCCN1C(=O)c1cnc(C(=O)O)cn1. The number of carbonyl (C=O) groups is 3. The van der Waals surface area contributed by atoms with Gasteiger partial charge in [0.15, 0.2) is 5.69 Å². The number of aromatic nitrogens is 2. The molecule has 0 aromatic carbocycles. The Morgan fingerprint density at radius 2 is 1.83 bits per heavy atom. The lowest BCUT2D eigenvalue weighted by Crippen LogP contribution is -2.43. The highest BCUT2D eigenvalue weighted by Gasteiger charge is 2.37. The van der Waals surface area contributed by atoms with Crippen LogP contribution in [0.25, 0.3) is 0 Å². The predicted molar refractivity (Wildman–Crippen MR) is 78.9 cm³/mol. The van der Waals surface area contributed by atoms with Crippen LogP contribution < -0.4 is 0 Å². The monoisotopic (exact) mass is 321 g/mol. The van der Waals surface area contributed by atoms with Crippen molar-refractivity contribution < 1.29 is 24.2 Å². The van der Waals surface area contributed by atoms with E-state index < -0.39 is 29.5 Å². The van der Waals surface area contributed by atoms with Gasteiger partial charge in [-0.15, -0.1) is 0 Å². The molecule has 1 N–H and O–H groups in total. The Hall–Kier alpha value is -2.51. The standard InChI is InChI=1S/C15H19N3O5/c1-15(2,3)23-14(22)11-5-4-6-18(11)12(19)9-7-17-10(8-16-9)13(20)21/h7-8,11H,4-6H2,1-3H3,(H,20,21)/t11-/m1/s1. The van der Waals surface area contributed by atoms with Crippen molar-refractivity contribution in [2.75, 3.05) is 6.54 Å². The van der Waals surface area contributed by atoms with Gasteiger partial charge in [-0.25, -0.2) is 19.6 Å². The zero-order valence-electron chi connectivity index (χ0n) is 13.3. The normalized spacial score (nSPS) is 17.9. The first-order valence-corrected chi connectivity index (χ1v) is 7.28. The lowest BCUT2D eigenvalue weighted by molar-refractivity contribution is -0.159. The number of nitrogens with zero attached hydrogens (tertiary/aromatic N) is 3. The summed E-state index contributed by atoms with van der Waals surface area (Å²) in [4.78, 5) is 44.4. The maximum absolute atomic E-state index is 12.5. The molecule has 1 fully saturated rings. The van der Waals surface area contributed by atoms with E-state index >= 15 is 0 Å². The second-order valence-corrected chi connectivity index (χ2v) is 6.28. The molecule has 1 aliphatic rings. The van der Waals surface area contributed by atoms with Crippen molar-refractivity contribution in [1.82, 2.24) is 14.9 Å². The van der Waals surface area contributed by atoms with Gasteiger partial charge in [0, 0.05) is 6.54 Å². The van der Waals surface area contributed by atoms with E-state index in [1.165, 1.54) is 4.90 Å².